The lowest BCUT2D eigenvalue weighted by Gasteiger charge is -2.15. The molecule has 0 fully saturated rings. The Labute approximate surface area is 134 Å². The number of rotatable bonds is 5. The van der Waals surface area contributed by atoms with Crippen molar-refractivity contribution in [3.8, 4) is 16.9 Å². The number of carbonyl (C=O) groups excluding carboxylic acids is 1. The zero-order chi connectivity index (χ0) is 16.8. The van der Waals surface area contributed by atoms with Crippen molar-refractivity contribution >= 4 is 12.1 Å². The molecule has 2 rings (SSSR count). The van der Waals surface area contributed by atoms with Gasteiger partial charge in [-0.25, -0.2) is 9.59 Å². The minimum Gasteiger partial charge on any atom is -0.465 e. The molecule has 5 nitrogen and oxygen atoms in total. The normalized spacial score (nSPS) is 10.2. The molecule has 0 radical (unpaired) electrons. The van der Waals surface area contributed by atoms with Crippen LogP contribution in [0.15, 0.2) is 42.5 Å². The van der Waals surface area contributed by atoms with Gasteiger partial charge in [-0.2, -0.15) is 0 Å². The molecule has 0 amide bonds. The van der Waals surface area contributed by atoms with E-state index in [0.29, 0.717) is 17.5 Å². The second-order valence-electron chi connectivity index (χ2n) is 4.94. The fourth-order valence-corrected chi connectivity index (χ4v) is 2.52. The number of ether oxygens (including phenoxy) is 2. The number of hydrogen-bond donors (Lipinski definition) is 1. The van der Waals surface area contributed by atoms with Gasteiger partial charge in [0.25, 0.3) is 0 Å². The molecule has 2 aromatic carbocycles. The van der Waals surface area contributed by atoms with Crippen LogP contribution in [-0.4, -0.2) is 24.3 Å². The number of esters is 1. The molecular weight excluding hydrogens is 296 g/mol. The standard InChI is InChI=1S/C18H18O5/c1-3-7-14-12(10-6-11-16(14)23-18(20)21)13-8-4-5-9-15(13)17(19)22-2/h4-6,8-11H,3,7H2,1-2H3,(H,20,21). The highest BCUT2D eigenvalue weighted by Crippen LogP contribution is 2.34. The monoisotopic (exact) mass is 314 g/mol. The quantitative estimate of drug-likeness (QED) is 0.663. The third kappa shape index (κ3) is 3.69. The molecule has 0 bridgehead atoms. The van der Waals surface area contributed by atoms with E-state index in [-0.39, 0.29) is 5.75 Å². The Balaban J connectivity index is 2.64. The molecule has 0 aromatic heterocycles. The molecule has 0 heterocycles. The molecule has 23 heavy (non-hydrogen) atoms. The summed E-state index contributed by atoms with van der Waals surface area (Å²) in [7, 11) is 1.33. The average molecular weight is 314 g/mol. The molecule has 0 atom stereocenters. The molecule has 0 aliphatic heterocycles. The maximum atomic E-state index is 12.0. The van der Waals surface area contributed by atoms with E-state index in [1.165, 1.54) is 7.11 Å². The first-order valence-electron chi connectivity index (χ1n) is 7.28. The van der Waals surface area contributed by atoms with Crippen molar-refractivity contribution in [2.45, 2.75) is 19.8 Å². The van der Waals surface area contributed by atoms with Crippen LogP contribution in [0, 0.1) is 0 Å². The van der Waals surface area contributed by atoms with Gasteiger partial charge in [0.1, 0.15) is 5.75 Å². The van der Waals surface area contributed by atoms with E-state index in [2.05, 4.69) is 0 Å². The molecule has 120 valence electrons. The molecule has 1 N–H and O–H groups in total. The van der Waals surface area contributed by atoms with Crippen molar-refractivity contribution in [2.75, 3.05) is 7.11 Å². The summed E-state index contributed by atoms with van der Waals surface area (Å²) in [6.07, 6.45) is 0.0857. The van der Waals surface area contributed by atoms with Gasteiger partial charge in [0.05, 0.1) is 12.7 Å². The Hall–Kier alpha value is -2.82. The van der Waals surface area contributed by atoms with Crippen LogP contribution in [0.3, 0.4) is 0 Å². The molecule has 0 saturated carbocycles. The largest absolute Gasteiger partial charge is 0.511 e. The zero-order valence-corrected chi connectivity index (χ0v) is 13.0. The predicted octanol–water partition coefficient (Wildman–Crippen LogP) is 4.15. The van der Waals surface area contributed by atoms with E-state index in [1.807, 2.05) is 25.1 Å². The van der Waals surface area contributed by atoms with Gasteiger partial charge in [-0.05, 0) is 29.7 Å². The lowest BCUT2D eigenvalue weighted by molar-refractivity contribution is 0.0601. The maximum Gasteiger partial charge on any atom is 0.511 e. The highest BCUT2D eigenvalue weighted by Gasteiger charge is 2.18. The summed E-state index contributed by atoms with van der Waals surface area (Å²) in [6, 6.07) is 12.2. The van der Waals surface area contributed by atoms with Crippen molar-refractivity contribution in [3.05, 3.63) is 53.6 Å². The van der Waals surface area contributed by atoms with Crippen molar-refractivity contribution in [1.29, 1.82) is 0 Å². The third-order valence-electron chi connectivity index (χ3n) is 3.45. The molecule has 0 spiro atoms. The first kappa shape index (κ1) is 16.5. The summed E-state index contributed by atoms with van der Waals surface area (Å²) in [4.78, 5) is 22.9. The van der Waals surface area contributed by atoms with Crippen LogP contribution in [-0.2, 0) is 11.2 Å². The Morgan fingerprint density at radius 3 is 2.39 bits per heavy atom. The van der Waals surface area contributed by atoms with Crippen molar-refractivity contribution in [3.63, 3.8) is 0 Å². The summed E-state index contributed by atoms with van der Waals surface area (Å²) in [5.74, 6) is -0.149. The molecule has 2 aromatic rings. The molecule has 0 saturated heterocycles. The topological polar surface area (TPSA) is 72.8 Å². The summed E-state index contributed by atoms with van der Waals surface area (Å²) < 4.78 is 9.72. The molecule has 0 aliphatic rings. The van der Waals surface area contributed by atoms with E-state index in [0.717, 1.165) is 17.5 Å². The lowest BCUT2D eigenvalue weighted by Crippen LogP contribution is -2.08. The van der Waals surface area contributed by atoms with Gasteiger partial charge >= 0.3 is 12.1 Å². The van der Waals surface area contributed by atoms with Gasteiger partial charge in [0, 0.05) is 5.56 Å². The fraction of sp³-hybridized carbons (Fsp3) is 0.222. The number of carboxylic acid groups (broad SMARTS) is 1. The van der Waals surface area contributed by atoms with E-state index in [4.69, 9.17) is 14.6 Å². The zero-order valence-electron chi connectivity index (χ0n) is 13.0. The van der Waals surface area contributed by atoms with Crippen molar-refractivity contribution in [2.24, 2.45) is 0 Å². The van der Waals surface area contributed by atoms with Gasteiger partial charge in [-0.15, -0.1) is 0 Å². The lowest BCUT2D eigenvalue weighted by atomic mass is 9.92. The van der Waals surface area contributed by atoms with Crippen molar-refractivity contribution in [1.82, 2.24) is 0 Å². The van der Waals surface area contributed by atoms with Crippen LogP contribution in [0.1, 0.15) is 29.3 Å². The van der Waals surface area contributed by atoms with Gasteiger partial charge in [-0.1, -0.05) is 43.7 Å². The Morgan fingerprint density at radius 2 is 1.74 bits per heavy atom. The molecule has 5 heteroatoms. The van der Waals surface area contributed by atoms with Gasteiger partial charge in [-0.3, -0.25) is 0 Å². The minimum absolute atomic E-state index is 0.288. The van der Waals surface area contributed by atoms with Crippen LogP contribution in [0.2, 0.25) is 0 Å². The Morgan fingerprint density at radius 1 is 1.04 bits per heavy atom. The number of methoxy groups -OCH3 is 1. The summed E-state index contributed by atoms with van der Waals surface area (Å²) in [5, 5.41) is 8.91. The van der Waals surface area contributed by atoms with E-state index in [9.17, 15) is 9.59 Å². The van der Waals surface area contributed by atoms with Gasteiger partial charge in [0.15, 0.2) is 0 Å². The SMILES string of the molecule is CCCc1c(OC(=O)O)cccc1-c1ccccc1C(=O)OC. The van der Waals surface area contributed by atoms with E-state index < -0.39 is 12.1 Å². The molecular formula is C18H18O5. The van der Waals surface area contributed by atoms with E-state index in [1.54, 1.807) is 24.3 Å². The third-order valence-corrected chi connectivity index (χ3v) is 3.45. The highest BCUT2D eigenvalue weighted by molar-refractivity contribution is 5.98. The summed E-state index contributed by atoms with van der Waals surface area (Å²) in [5.41, 5.74) is 2.65. The van der Waals surface area contributed by atoms with Crippen molar-refractivity contribution < 1.29 is 24.2 Å². The van der Waals surface area contributed by atoms with Crippen LogP contribution in [0.25, 0.3) is 11.1 Å². The molecule has 0 unspecified atom stereocenters. The number of carbonyl (C=O) groups is 2. The summed E-state index contributed by atoms with van der Waals surface area (Å²) in [6.45, 7) is 1.99. The maximum absolute atomic E-state index is 12.0. The Bertz CT molecular complexity index is 721. The van der Waals surface area contributed by atoms with Crippen LogP contribution < -0.4 is 4.74 Å². The highest BCUT2D eigenvalue weighted by atomic mass is 16.7. The number of benzene rings is 2. The minimum atomic E-state index is -1.36. The summed E-state index contributed by atoms with van der Waals surface area (Å²) >= 11 is 0. The predicted molar refractivity (Wildman–Crippen MR) is 85.9 cm³/mol. The van der Waals surface area contributed by atoms with Gasteiger partial charge in [0.2, 0.25) is 0 Å². The van der Waals surface area contributed by atoms with Crippen LogP contribution in [0.5, 0.6) is 5.75 Å². The second-order valence-corrected chi connectivity index (χ2v) is 4.94. The average Bonchev–Trinajstić information content (AvgIpc) is 2.55. The smallest absolute Gasteiger partial charge is 0.465 e. The Kier molecular flexibility index (Phi) is 5.36. The number of hydrogen-bond acceptors (Lipinski definition) is 4. The van der Waals surface area contributed by atoms with E-state index >= 15 is 0 Å². The molecule has 0 aliphatic carbocycles. The van der Waals surface area contributed by atoms with Crippen LogP contribution in [0.4, 0.5) is 4.79 Å². The van der Waals surface area contributed by atoms with Gasteiger partial charge < -0.3 is 14.6 Å². The first-order chi connectivity index (χ1) is 11.1. The van der Waals surface area contributed by atoms with Crippen LogP contribution >= 0.6 is 0 Å². The first-order valence-corrected chi connectivity index (χ1v) is 7.28. The fourth-order valence-electron chi connectivity index (χ4n) is 2.52. The second kappa shape index (κ2) is 7.45.